The van der Waals surface area contributed by atoms with Gasteiger partial charge in [-0.3, -0.25) is 0 Å². The van der Waals surface area contributed by atoms with Gasteiger partial charge in [-0.2, -0.15) is 0 Å². The largest absolute Gasteiger partial charge is 0.459 e. The second-order valence-corrected chi connectivity index (χ2v) is 3.65. The van der Waals surface area contributed by atoms with E-state index in [2.05, 4.69) is 0 Å². The number of esters is 1. The second kappa shape index (κ2) is 4.94. The van der Waals surface area contributed by atoms with Crippen molar-refractivity contribution in [3.63, 3.8) is 0 Å². The Hall–Kier alpha value is -1.62. The number of nitrogens with two attached hydrogens (primary N) is 1. The van der Waals surface area contributed by atoms with Crippen LogP contribution in [0.2, 0.25) is 0 Å². The van der Waals surface area contributed by atoms with E-state index in [1.54, 1.807) is 0 Å². The van der Waals surface area contributed by atoms with Gasteiger partial charge in [0.05, 0.1) is 11.7 Å². The number of ether oxygens (including phenoxy) is 1. The summed E-state index contributed by atoms with van der Waals surface area (Å²) in [5.41, 5.74) is 5.86. The molecule has 0 amide bonds. The quantitative estimate of drug-likeness (QED) is 0.602. The lowest BCUT2D eigenvalue weighted by Crippen LogP contribution is -2.16. The van der Waals surface area contributed by atoms with E-state index in [9.17, 15) is 9.18 Å². The normalized spacial score (nSPS) is 12.2. The van der Waals surface area contributed by atoms with Crippen molar-refractivity contribution in [2.75, 3.05) is 12.3 Å². The van der Waals surface area contributed by atoms with Crippen molar-refractivity contribution in [1.82, 2.24) is 0 Å². The molecule has 0 radical (unpaired) electrons. The van der Waals surface area contributed by atoms with E-state index in [-0.39, 0.29) is 17.7 Å². The van der Waals surface area contributed by atoms with Crippen LogP contribution in [0.4, 0.5) is 10.1 Å². The minimum absolute atomic E-state index is 0.174. The number of aliphatic hydroxyl groups excluding tert-OH is 1. The first-order valence-electron chi connectivity index (χ1n) is 4.82. The number of rotatable bonds is 3. The van der Waals surface area contributed by atoms with Crippen molar-refractivity contribution in [3.8, 4) is 0 Å². The molecule has 0 aromatic heterocycles. The van der Waals surface area contributed by atoms with Gasteiger partial charge in [0.15, 0.2) is 0 Å². The smallest absolute Gasteiger partial charge is 0.341 e. The summed E-state index contributed by atoms with van der Waals surface area (Å²) in [4.78, 5) is 11.4. The summed E-state index contributed by atoms with van der Waals surface area (Å²) in [6.07, 6.45) is -0.783. The molecule has 0 saturated heterocycles. The third kappa shape index (κ3) is 2.93. The van der Waals surface area contributed by atoms with E-state index in [0.29, 0.717) is 5.69 Å². The van der Waals surface area contributed by atoms with Crippen LogP contribution >= 0.6 is 0 Å². The number of nitrogen functional groups attached to an aromatic ring is 1. The number of hydrogen-bond donors (Lipinski definition) is 2. The molecule has 1 aromatic carbocycles. The summed E-state index contributed by atoms with van der Waals surface area (Å²) < 4.78 is 18.2. The number of hydrogen-bond acceptors (Lipinski definition) is 4. The summed E-state index contributed by atoms with van der Waals surface area (Å²) in [5, 5.41) is 8.93. The van der Waals surface area contributed by atoms with Gasteiger partial charge in [-0.15, -0.1) is 0 Å². The molecular formula is C11H14FNO3. The standard InChI is InChI=1S/C11H14FNO3/c1-6-3-8(13)4-9(10(6)12)11(15)16-5-7(2)14/h3-4,7,14H,5,13H2,1-2H3. The zero-order chi connectivity index (χ0) is 12.3. The number of aliphatic hydroxyl groups is 1. The number of carbonyl (C=O) groups is 1. The number of halogens is 1. The zero-order valence-electron chi connectivity index (χ0n) is 9.16. The molecule has 0 saturated carbocycles. The molecule has 0 aliphatic carbocycles. The molecule has 0 aliphatic rings. The first kappa shape index (κ1) is 12.4. The Labute approximate surface area is 92.8 Å². The molecule has 1 aromatic rings. The van der Waals surface area contributed by atoms with Crippen LogP contribution in [0.25, 0.3) is 0 Å². The highest BCUT2D eigenvalue weighted by Crippen LogP contribution is 2.17. The summed E-state index contributed by atoms with van der Waals surface area (Å²) in [6, 6.07) is 2.65. The maximum atomic E-state index is 13.5. The predicted molar refractivity (Wildman–Crippen MR) is 57.5 cm³/mol. The van der Waals surface area contributed by atoms with Gasteiger partial charge in [-0.1, -0.05) is 0 Å². The van der Waals surface area contributed by atoms with Crippen LogP contribution in [0, 0.1) is 12.7 Å². The highest BCUT2D eigenvalue weighted by atomic mass is 19.1. The second-order valence-electron chi connectivity index (χ2n) is 3.65. The lowest BCUT2D eigenvalue weighted by molar-refractivity contribution is 0.0291. The molecular weight excluding hydrogens is 213 g/mol. The third-order valence-corrected chi connectivity index (χ3v) is 1.95. The van der Waals surface area contributed by atoms with Gasteiger partial charge >= 0.3 is 5.97 Å². The van der Waals surface area contributed by atoms with E-state index in [4.69, 9.17) is 15.6 Å². The Balaban J connectivity index is 2.91. The first-order chi connectivity index (χ1) is 7.41. The van der Waals surface area contributed by atoms with Crippen LogP contribution in [0.5, 0.6) is 0 Å². The molecule has 0 bridgehead atoms. The molecule has 4 nitrogen and oxygen atoms in total. The average Bonchev–Trinajstić information content (AvgIpc) is 2.19. The SMILES string of the molecule is Cc1cc(N)cc(C(=O)OCC(C)O)c1F. The Bertz CT molecular complexity index is 404. The van der Waals surface area contributed by atoms with Gasteiger partial charge in [0, 0.05) is 5.69 Å². The third-order valence-electron chi connectivity index (χ3n) is 1.95. The molecule has 0 aliphatic heterocycles. The van der Waals surface area contributed by atoms with E-state index in [1.165, 1.54) is 26.0 Å². The van der Waals surface area contributed by atoms with Crippen molar-refractivity contribution >= 4 is 11.7 Å². The van der Waals surface area contributed by atoms with Crippen LogP contribution in [-0.2, 0) is 4.74 Å². The molecule has 16 heavy (non-hydrogen) atoms. The summed E-state index contributed by atoms with van der Waals surface area (Å²) in [6.45, 7) is 2.80. The Morgan fingerprint density at radius 1 is 1.62 bits per heavy atom. The van der Waals surface area contributed by atoms with Crippen molar-refractivity contribution in [1.29, 1.82) is 0 Å². The molecule has 1 atom stereocenters. The van der Waals surface area contributed by atoms with Crippen LogP contribution < -0.4 is 5.73 Å². The molecule has 1 unspecified atom stereocenters. The molecule has 5 heteroatoms. The predicted octanol–water partition coefficient (Wildman–Crippen LogP) is 1.25. The molecule has 1 rings (SSSR count). The van der Waals surface area contributed by atoms with Gasteiger partial charge in [0.1, 0.15) is 12.4 Å². The molecule has 0 fully saturated rings. The lowest BCUT2D eigenvalue weighted by Gasteiger charge is -2.09. The Morgan fingerprint density at radius 3 is 2.81 bits per heavy atom. The fourth-order valence-electron chi connectivity index (χ4n) is 1.22. The lowest BCUT2D eigenvalue weighted by atomic mass is 10.1. The summed E-state index contributed by atoms with van der Waals surface area (Å²) in [7, 11) is 0. The van der Waals surface area contributed by atoms with Crippen molar-refractivity contribution in [2.24, 2.45) is 0 Å². The Kier molecular flexibility index (Phi) is 3.84. The summed E-state index contributed by atoms with van der Waals surface area (Å²) in [5.74, 6) is -1.47. The van der Waals surface area contributed by atoms with E-state index in [1.807, 2.05) is 0 Å². The maximum absolute atomic E-state index is 13.5. The van der Waals surface area contributed by atoms with Crippen LogP contribution in [0.1, 0.15) is 22.8 Å². The zero-order valence-corrected chi connectivity index (χ0v) is 9.16. The number of aryl methyl sites for hydroxylation is 1. The van der Waals surface area contributed by atoms with Crippen LogP contribution in [-0.4, -0.2) is 23.8 Å². The average molecular weight is 227 g/mol. The van der Waals surface area contributed by atoms with Gasteiger partial charge in [-0.05, 0) is 31.5 Å². The van der Waals surface area contributed by atoms with Crippen molar-refractivity contribution in [2.45, 2.75) is 20.0 Å². The topological polar surface area (TPSA) is 72.6 Å². The molecule has 88 valence electrons. The summed E-state index contributed by atoms with van der Waals surface area (Å²) >= 11 is 0. The van der Waals surface area contributed by atoms with Crippen molar-refractivity contribution < 1.29 is 19.0 Å². The number of carbonyl (C=O) groups excluding carboxylic acids is 1. The highest BCUT2D eigenvalue weighted by molar-refractivity contribution is 5.91. The van der Waals surface area contributed by atoms with Gasteiger partial charge in [-0.25, -0.2) is 9.18 Å². The van der Waals surface area contributed by atoms with E-state index >= 15 is 0 Å². The number of benzene rings is 1. The highest BCUT2D eigenvalue weighted by Gasteiger charge is 2.16. The van der Waals surface area contributed by atoms with Gasteiger partial charge in [0.2, 0.25) is 0 Å². The van der Waals surface area contributed by atoms with Gasteiger partial charge < -0.3 is 15.6 Å². The van der Waals surface area contributed by atoms with E-state index in [0.717, 1.165) is 0 Å². The van der Waals surface area contributed by atoms with Crippen LogP contribution in [0.15, 0.2) is 12.1 Å². The molecule has 0 spiro atoms. The Morgan fingerprint density at radius 2 is 2.25 bits per heavy atom. The molecule has 0 heterocycles. The monoisotopic (exact) mass is 227 g/mol. The fourth-order valence-corrected chi connectivity index (χ4v) is 1.22. The van der Waals surface area contributed by atoms with Gasteiger partial charge in [0.25, 0.3) is 0 Å². The van der Waals surface area contributed by atoms with E-state index < -0.39 is 17.9 Å². The molecule has 3 N–H and O–H groups in total. The first-order valence-corrected chi connectivity index (χ1v) is 4.82. The fraction of sp³-hybridized carbons (Fsp3) is 0.364. The minimum Gasteiger partial charge on any atom is -0.459 e. The van der Waals surface area contributed by atoms with Crippen molar-refractivity contribution in [3.05, 3.63) is 29.1 Å². The number of anilines is 1. The maximum Gasteiger partial charge on any atom is 0.341 e. The minimum atomic E-state index is -0.825. The van der Waals surface area contributed by atoms with Crippen LogP contribution in [0.3, 0.4) is 0 Å².